The third-order valence-electron chi connectivity index (χ3n) is 8.12. The molecule has 0 atom stereocenters. The van der Waals surface area contributed by atoms with Crippen LogP contribution < -0.4 is 0 Å². The van der Waals surface area contributed by atoms with Crippen LogP contribution in [0, 0.1) is 0 Å². The number of imidazole rings is 1. The molecule has 0 saturated heterocycles. The lowest BCUT2D eigenvalue weighted by atomic mass is 10.1. The summed E-state index contributed by atoms with van der Waals surface area (Å²) in [6.07, 6.45) is 0. The highest BCUT2D eigenvalue weighted by Gasteiger charge is 2.19. The highest BCUT2D eigenvalue weighted by molar-refractivity contribution is 6.27. The van der Waals surface area contributed by atoms with Crippen molar-refractivity contribution in [2.24, 2.45) is 0 Å². The van der Waals surface area contributed by atoms with Crippen molar-refractivity contribution in [2.45, 2.75) is 0 Å². The van der Waals surface area contributed by atoms with E-state index in [0.717, 1.165) is 66.8 Å². The van der Waals surface area contributed by atoms with Crippen LogP contribution in [-0.4, -0.2) is 14.1 Å². The van der Waals surface area contributed by atoms with Gasteiger partial charge in [-0.05, 0) is 54.6 Å². The van der Waals surface area contributed by atoms with Crippen LogP contribution in [0.4, 0.5) is 0 Å². The van der Waals surface area contributed by atoms with Crippen molar-refractivity contribution in [2.75, 3.05) is 0 Å². The molecule has 0 aliphatic heterocycles. The molecule has 192 valence electrons. The molecule has 4 heteroatoms. The van der Waals surface area contributed by atoms with Gasteiger partial charge in [-0.1, -0.05) is 84.9 Å². The van der Waals surface area contributed by atoms with Crippen LogP contribution in [0.25, 0.3) is 77.5 Å². The van der Waals surface area contributed by atoms with Crippen molar-refractivity contribution in [3.05, 3.63) is 140 Å². The van der Waals surface area contributed by atoms with Gasteiger partial charge in [0.15, 0.2) is 0 Å². The Morgan fingerprint density at radius 3 is 2.05 bits per heavy atom. The third-order valence-corrected chi connectivity index (χ3v) is 8.12. The van der Waals surface area contributed by atoms with E-state index in [-0.39, 0.29) is 0 Å². The van der Waals surface area contributed by atoms with Crippen LogP contribution in [0.5, 0.6) is 0 Å². The molecule has 0 N–H and O–H groups in total. The molecular formula is C37H23N3O. The molecule has 3 aromatic heterocycles. The number of benzene rings is 6. The first-order chi connectivity index (χ1) is 20.3. The Balaban J connectivity index is 1.35. The molecule has 0 radical (unpaired) electrons. The zero-order valence-electron chi connectivity index (χ0n) is 22.0. The maximum Gasteiger partial charge on any atom is 0.145 e. The largest absolute Gasteiger partial charge is 0.456 e. The fourth-order valence-corrected chi connectivity index (χ4v) is 6.39. The molecule has 0 bridgehead atoms. The molecule has 9 aromatic rings. The summed E-state index contributed by atoms with van der Waals surface area (Å²) in [5.41, 5.74) is 9.44. The van der Waals surface area contributed by atoms with Crippen molar-refractivity contribution < 1.29 is 4.42 Å². The zero-order chi connectivity index (χ0) is 26.9. The van der Waals surface area contributed by atoms with Crippen molar-refractivity contribution in [3.8, 4) is 22.8 Å². The molecule has 0 saturated carbocycles. The van der Waals surface area contributed by atoms with Crippen LogP contribution in [0.1, 0.15) is 0 Å². The zero-order valence-corrected chi connectivity index (χ0v) is 22.0. The molecule has 41 heavy (non-hydrogen) atoms. The van der Waals surface area contributed by atoms with Gasteiger partial charge >= 0.3 is 0 Å². The van der Waals surface area contributed by atoms with E-state index < -0.39 is 0 Å². The molecule has 0 amide bonds. The molecule has 9 rings (SSSR count). The first kappa shape index (κ1) is 22.2. The van der Waals surface area contributed by atoms with E-state index in [9.17, 15) is 0 Å². The SMILES string of the molecule is c1ccc(-c2nc3ccccc3n2-c2cccc(-n3c4ccccc4c4c5c(ccc43)oc3ccccc35)c2)cc1. The maximum atomic E-state index is 6.27. The van der Waals surface area contributed by atoms with E-state index in [4.69, 9.17) is 9.40 Å². The smallest absolute Gasteiger partial charge is 0.145 e. The van der Waals surface area contributed by atoms with E-state index in [1.807, 2.05) is 24.3 Å². The number of fused-ring (bicyclic) bond motifs is 8. The molecule has 0 unspecified atom stereocenters. The molecule has 6 aromatic carbocycles. The number of furan rings is 1. The van der Waals surface area contributed by atoms with Gasteiger partial charge in [-0.2, -0.15) is 0 Å². The topological polar surface area (TPSA) is 35.9 Å². The van der Waals surface area contributed by atoms with E-state index >= 15 is 0 Å². The number of hydrogen-bond donors (Lipinski definition) is 0. The van der Waals surface area contributed by atoms with E-state index in [2.05, 4.69) is 124 Å². The Morgan fingerprint density at radius 2 is 1.17 bits per heavy atom. The molecule has 0 aliphatic carbocycles. The van der Waals surface area contributed by atoms with Gasteiger partial charge < -0.3 is 8.98 Å². The lowest BCUT2D eigenvalue weighted by Gasteiger charge is -2.13. The fraction of sp³-hybridized carbons (Fsp3) is 0. The van der Waals surface area contributed by atoms with Crippen LogP contribution in [0.3, 0.4) is 0 Å². The summed E-state index contributed by atoms with van der Waals surface area (Å²) in [5.74, 6) is 0.928. The molecule has 0 fully saturated rings. The molecule has 0 aliphatic rings. The normalized spacial score (nSPS) is 11.9. The third kappa shape index (κ3) is 3.19. The van der Waals surface area contributed by atoms with Crippen molar-refractivity contribution in [1.29, 1.82) is 0 Å². The van der Waals surface area contributed by atoms with Gasteiger partial charge in [-0.3, -0.25) is 4.57 Å². The Bertz CT molecular complexity index is 2420. The van der Waals surface area contributed by atoms with Gasteiger partial charge in [0.1, 0.15) is 17.0 Å². The quantitative estimate of drug-likeness (QED) is 0.230. The highest BCUT2D eigenvalue weighted by atomic mass is 16.3. The minimum Gasteiger partial charge on any atom is -0.456 e. The summed E-state index contributed by atoms with van der Waals surface area (Å²) < 4.78 is 10.9. The van der Waals surface area contributed by atoms with Gasteiger partial charge in [0.05, 0.1) is 22.1 Å². The first-order valence-corrected chi connectivity index (χ1v) is 13.8. The van der Waals surface area contributed by atoms with Crippen LogP contribution in [-0.2, 0) is 0 Å². The number of nitrogens with zero attached hydrogens (tertiary/aromatic N) is 3. The molecular weight excluding hydrogens is 502 g/mol. The molecule has 4 nitrogen and oxygen atoms in total. The van der Waals surface area contributed by atoms with Crippen LogP contribution in [0.15, 0.2) is 144 Å². The Morgan fingerprint density at radius 1 is 0.463 bits per heavy atom. The monoisotopic (exact) mass is 525 g/mol. The minimum atomic E-state index is 0.910. The number of rotatable bonds is 3. The van der Waals surface area contributed by atoms with Gasteiger partial charge in [-0.25, -0.2) is 4.98 Å². The average Bonchev–Trinajstić information content (AvgIpc) is 3.71. The van der Waals surface area contributed by atoms with E-state index in [0.29, 0.717) is 0 Å². The standard InChI is InChI=1S/C37H23N3O/c1-2-11-24(12-3-1)37-38-29-17-6-8-19-31(29)40(37)26-14-10-13-25(23-26)39-30-18-7-4-15-27(30)35-32(39)21-22-34-36(35)28-16-5-9-20-33(28)41-34/h1-23H. The lowest BCUT2D eigenvalue weighted by molar-refractivity contribution is 0.669. The fourth-order valence-electron chi connectivity index (χ4n) is 6.39. The first-order valence-electron chi connectivity index (χ1n) is 13.8. The highest BCUT2D eigenvalue weighted by Crippen LogP contribution is 2.41. The molecule has 0 spiro atoms. The number of aromatic nitrogens is 3. The van der Waals surface area contributed by atoms with Crippen molar-refractivity contribution in [1.82, 2.24) is 14.1 Å². The van der Waals surface area contributed by atoms with E-state index in [1.165, 1.54) is 10.8 Å². The van der Waals surface area contributed by atoms with Crippen molar-refractivity contribution >= 4 is 54.8 Å². The molecule has 3 heterocycles. The Labute approximate surface area is 235 Å². The summed E-state index contributed by atoms with van der Waals surface area (Å²) >= 11 is 0. The van der Waals surface area contributed by atoms with Crippen LogP contribution in [0.2, 0.25) is 0 Å². The van der Waals surface area contributed by atoms with E-state index in [1.54, 1.807) is 0 Å². The summed E-state index contributed by atoms with van der Waals surface area (Å²) in [5, 5.41) is 4.73. The van der Waals surface area contributed by atoms with Gasteiger partial charge in [0.2, 0.25) is 0 Å². The second-order valence-electron chi connectivity index (χ2n) is 10.4. The second-order valence-corrected chi connectivity index (χ2v) is 10.4. The predicted molar refractivity (Wildman–Crippen MR) is 168 cm³/mol. The number of hydrogen-bond acceptors (Lipinski definition) is 2. The Kier molecular flexibility index (Phi) is 4.58. The van der Waals surface area contributed by atoms with Crippen LogP contribution >= 0.6 is 0 Å². The second kappa shape index (κ2) is 8.44. The van der Waals surface area contributed by atoms with Crippen molar-refractivity contribution in [3.63, 3.8) is 0 Å². The Hall–Kier alpha value is -5.61. The maximum absolute atomic E-state index is 6.27. The minimum absolute atomic E-state index is 0.910. The van der Waals surface area contributed by atoms with Gasteiger partial charge in [-0.15, -0.1) is 0 Å². The van der Waals surface area contributed by atoms with Gasteiger partial charge in [0.25, 0.3) is 0 Å². The summed E-state index contributed by atoms with van der Waals surface area (Å²) in [6, 6.07) is 48.8. The average molecular weight is 526 g/mol. The number of para-hydroxylation sites is 4. The van der Waals surface area contributed by atoms with Gasteiger partial charge in [0, 0.05) is 38.5 Å². The summed E-state index contributed by atoms with van der Waals surface area (Å²) in [7, 11) is 0. The lowest BCUT2D eigenvalue weighted by Crippen LogP contribution is -2.00. The summed E-state index contributed by atoms with van der Waals surface area (Å²) in [6.45, 7) is 0. The predicted octanol–water partition coefficient (Wildman–Crippen LogP) is 9.69. The summed E-state index contributed by atoms with van der Waals surface area (Å²) in [4.78, 5) is 5.05.